The van der Waals surface area contributed by atoms with Crippen molar-refractivity contribution in [3.05, 3.63) is 70.2 Å². The molecule has 1 amide bonds. The Morgan fingerprint density at radius 2 is 1.53 bits per heavy atom. The van der Waals surface area contributed by atoms with Crippen LogP contribution in [-0.4, -0.2) is 18.7 Å². The summed E-state index contributed by atoms with van der Waals surface area (Å²) in [7, 11) is 1.53. The van der Waals surface area contributed by atoms with Crippen molar-refractivity contribution in [1.82, 2.24) is 5.32 Å². The molecule has 0 aliphatic heterocycles. The number of carbonyl (C=O) groups excluding carboxylic acids is 2. The summed E-state index contributed by atoms with van der Waals surface area (Å²) in [5, 5.41) is 3.09. The van der Waals surface area contributed by atoms with Crippen molar-refractivity contribution in [2.75, 3.05) is 7.05 Å². The number of rotatable bonds is 3. The van der Waals surface area contributed by atoms with E-state index in [4.69, 9.17) is 11.6 Å². The van der Waals surface area contributed by atoms with Gasteiger partial charge < -0.3 is 5.32 Å². The SMILES string of the molecule is CNC(=O)c1ccccc1C(=O)c1ccc(Cl)cc1. The predicted molar refractivity (Wildman–Crippen MR) is 74.7 cm³/mol. The van der Waals surface area contributed by atoms with E-state index in [9.17, 15) is 9.59 Å². The molecule has 2 aromatic carbocycles. The summed E-state index contributed by atoms with van der Waals surface area (Å²) in [6.07, 6.45) is 0. The minimum absolute atomic E-state index is 0.198. The van der Waals surface area contributed by atoms with E-state index in [0.717, 1.165) is 0 Å². The molecule has 2 aromatic rings. The fourth-order valence-corrected chi connectivity index (χ4v) is 1.90. The Hall–Kier alpha value is -2.13. The van der Waals surface area contributed by atoms with Gasteiger partial charge in [-0.3, -0.25) is 9.59 Å². The highest BCUT2D eigenvalue weighted by molar-refractivity contribution is 6.30. The maximum absolute atomic E-state index is 12.4. The maximum Gasteiger partial charge on any atom is 0.251 e. The quantitative estimate of drug-likeness (QED) is 0.874. The predicted octanol–water partition coefficient (Wildman–Crippen LogP) is 2.93. The summed E-state index contributed by atoms with van der Waals surface area (Å²) in [6.45, 7) is 0. The first-order chi connectivity index (χ1) is 9.13. The van der Waals surface area contributed by atoms with Gasteiger partial charge >= 0.3 is 0 Å². The van der Waals surface area contributed by atoms with Gasteiger partial charge in [-0.05, 0) is 30.3 Å². The highest BCUT2D eigenvalue weighted by atomic mass is 35.5. The van der Waals surface area contributed by atoms with Crippen molar-refractivity contribution in [2.45, 2.75) is 0 Å². The van der Waals surface area contributed by atoms with Crippen molar-refractivity contribution in [2.24, 2.45) is 0 Å². The van der Waals surface area contributed by atoms with E-state index >= 15 is 0 Å². The van der Waals surface area contributed by atoms with Crippen LogP contribution in [0.1, 0.15) is 26.3 Å². The summed E-state index contributed by atoms with van der Waals surface area (Å²) in [5.41, 5.74) is 1.25. The lowest BCUT2D eigenvalue weighted by molar-refractivity contribution is 0.0950. The first kappa shape index (κ1) is 13.3. The molecule has 0 atom stereocenters. The van der Waals surface area contributed by atoms with Gasteiger partial charge in [-0.1, -0.05) is 29.8 Å². The number of hydrogen-bond donors (Lipinski definition) is 1. The van der Waals surface area contributed by atoms with E-state index in [2.05, 4.69) is 5.32 Å². The van der Waals surface area contributed by atoms with Gasteiger partial charge in [0.15, 0.2) is 5.78 Å². The first-order valence-electron chi connectivity index (χ1n) is 5.75. The number of halogens is 1. The van der Waals surface area contributed by atoms with Crippen LogP contribution in [0.4, 0.5) is 0 Å². The van der Waals surface area contributed by atoms with Gasteiger partial charge in [0, 0.05) is 23.2 Å². The number of hydrogen-bond acceptors (Lipinski definition) is 2. The topological polar surface area (TPSA) is 46.2 Å². The fourth-order valence-electron chi connectivity index (χ4n) is 1.77. The number of nitrogens with one attached hydrogen (secondary N) is 1. The van der Waals surface area contributed by atoms with E-state index < -0.39 is 0 Å². The summed E-state index contributed by atoms with van der Waals surface area (Å²) < 4.78 is 0. The second kappa shape index (κ2) is 5.67. The van der Waals surface area contributed by atoms with E-state index in [1.165, 1.54) is 7.05 Å². The summed E-state index contributed by atoms with van der Waals surface area (Å²) >= 11 is 5.79. The van der Waals surface area contributed by atoms with Crippen molar-refractivity contribution in [3.8, 4) is 0 Å². The third kappa shape index (κ3) is 2.83. The molecule has 0 saturated carbocycles. The molecule has 0 heterocycles. The molecule has 0 unspecified atom stereocenters. The lowest BCUT2D eigenvalue weighted by Gasteiger charge is -2.07. The van der Waals surface area contributed by atoms with Crippen molar-refractivity contribution < 1.29 is 9.59 Å². The lowest BCUT2D eigenvalue weighted by atomic mass is 9.98. The average Bonchev–Trinajstić information content (AvgIpc) is 2.46. The summed E-state index contributed by atoms with van der Waals surface area (Å²) in [4.78, 5) is 24.1. The van der Waals surface area contributed by atoms with Crippen LogP contribution in [0.15, 0.2) is 48.5 Å². The first-order valence-corrected chi connectivity index (χ1v) is 6.12. The smallest absolute Gasteiger partial charge is 0.251 e. The van der Waals surface area contributed by atoms with Gasteiger partial charge in [0.05, 0.1) is 5.56 Å². The number of ketones is 1. The second-order valence-electron chi connectivity index (χ2n) is 3.96. The van der Waals surface area contributed by atoms with Crippen LogP contribution in [0.25, 0.3) is 0 Å². The highest BCUT2D eigenvalue weighted by Crippen LogP contribution is 2.17. The molecule has 2 rings (SSSR count). The summed E-state index contributed by atoms with van der Waals surface area (Å²) in [6, 6.07) is 13.3. The molecule has 1 N–H and O–H groups in total. The molecule has 4 heteroatoms. The normalized spacial score (nSPS) is 10.0. The zero-order chi connectivity index (χ0) is 13.8. The second-order valence-corrected chi connectivity index (χ2v) is 4.40. The van der Waals surface area contributed by atoms with E-state index in [1.807, 2.05) is 0 Å². The third-order valence-corrected chi connectivity index (χ3v) is 3.00. The van der Waals surface area contributed by atoms with Crippen LogP contribution < -0.4 is 5.32 Å². The molecule has 0 radical (unpaired) electrons. The molecule has 0 aliphatic carbocycles. The van der Waals surface area contributed by atoms with Gasteiger partial charge in [-0.15, -0.1) is 0 Å². The minimum Gasteiger partial charge on any atom is -0.355 e. The minimum atomic E-state index is -0.280. The Bertz CT molecular complexity index is 620. The Morgan fingerprint density at radius 3 is 2.11 bits per heavy atom. The van der Waals surface area contributed by atoms with Crippen LogP contribution in [0.3, 0.4) is 0 Å². The van der Waals surface area contributed by atoms with Gasteiger partial charge in [0.2, 0.25) is 0 Å². The summed E-state index contributed by atoms with van der Waals surface area (Å²) in [5.74, 6) is -0.478. The van der Waals surface area contributed by atoms with E-state index in [0.29, 0.717) is 21.7 Å². The molecule has 0 aliphatic rings. The Kier molecular flexibility index (Phi) is 3.97. The van der Waals surface area contributed by atoms with E-state index in [-0.39, 0.29) is 11.7 Å². The van der Waals surface area contributed by atoms with Crippen LogP contribution in [-0.2, 0) is 0 Å². The van der Waals surface area contributed by atoms with Crippen LogP contribution in [0, 0.1) is 0 Å². The standard InChI is InChI=1S/C15H12ClNO2/c1-17-15(19)13-5-3-2-4-12(13)14(18)10-6-8-11(16)9-7-10/h2-9H,1H3,(H,17,19). The molecule has 0 spiro atoms. The molecule has 96 valence electrons. The Morgan fingerprint density at radius 1 is 0.947 bits per heavy atom. The highest BCUT2D eigenvalue weighted by Gasteiger charge is 2.16. The maximum atomic E-state index is 12.4. The molecular formula is C15H12ClNO2. The molecule has 0 saturated heterocycles. The van der Waals surface area contributed by atoms with Crippen LogP contribution >= 0.6 is 11.6 Å². The number of benzene rings is 2. The third-order valence-electron chi connectivity index (χ3n) is 2.75. The monoisotopic (exact) mass is 273 g/mol. The Labute approximate surface area is 116 Å². The van der Waals surface area contributed by atoms with E-state index in [1.54, 1.807) is 48.5 Å². The van der Waals surface area contributed by atoms with Crippen molar-refractivity contribution >= 4 is 23.3 Å². The molecular weight excluding hydrogens is 262 g/mol. The van der Waals surface area contributed by atoms with Gasteiger partial charge in [-0.2, -0.15) is 0 Å². The molecule has 0 fully saturated rings. The molecule has 0 bridgehead atoms. The number of amides is 1. The van der Waals surface area contributed by atoms with Gasteiger partial charge in [0.25, 0.3) is 5.91 Å². The Balaban J connectivity index is 2.44. The lowest BCUT2D eigenvalue weighted by Crippen LogP contribution is -2.21. The average molecular weight is 274 g/mol. The molecule has 19 heavy (non-hydrogen) atoms. The van der Waals surface area contributed by atoms with Crippen molar-refractivity contribution in [3.63, 3.8) is 0 Å². The van der Waals surface area contributed by atoms with Crippen molar-refractivity contribution in [1.29, 1.82) is 0 Å². The zero-order valence-corrected chi connectivity index (χ0v) is 11.1. The van der Waals surface area contributed by atoms with Crippen LogP contribution in [0.5, 0.6) is 0 Å². The zero-order valence-electron chi connectivity index (χ0n) is 10.3. The molecule has 3 nitrogen and oxygen atoms in total. The number of carbonyl (C=O) groups is 2. The van der Waals surface area contributed by atoms with Gasteiger partial charge in [-0.25, -0.2) is 0 Å². The fraction of sp³-hybridized carbons (Fsp3) is 0.0667. The van der Waals surface area contributed by atoms with Gasteiger partial charge in [0.1, 0.15) is 0 Å². The van der Waals surface area contributed by atoms with Crippen LogP contribution in [0.2, 0.25) is 5.02 Å². The largest absolute Gasteiger partial charge is 0.355 e. The molecule has 0 aromatic heterocycles.